The number of rotatable bonds is 5. The summed E-state index contributed by atoms with van der Waals surface area (Å²) in [4.78, 5) is 36.3. The van der Waals surface area contributed by atoms with Crippen molar-refractivity contribution in [2.45, 2.75) is 18.9 Å². The van der Waals surface area contributed by atoms with E-state index in [1.165, 1.54) is 22.7 Å². The number of thiophene rings is 2. The number of fused-ring (bicyclic) bond motifs is 11. The molecule has 0 amide bonds. The van der Waals surface area contributed by atoms with E-state index < -0.39 is 0 Å². The van der Waals surface area contributed by atoms with Crippen LogP contribution in [0.25, 0.3) is 63.5 Å². The number of carbonyl (C=O) groups is 2. The summed E-state index contributed by atoms with van der Waals surface area (Å²) in [6.45, 7) is 4.21. The Morgan fingerprint density at radius 2 is 1.24 bits per heavy atom. The summed E-state index contributed by atoms with van der Waals surface area (Å²) < 4.78 is 12.5. The van der Waals surface area contributed by atoms with Crippen molar-refractivity contribution in [1.29, 1.82) is 0 Å². The molecule has 0 bridgehead atoms. The molecular formula is C31H21ClN2O4S3. The zero-order valence-corrected chi connectivity index (χ0v) is 25.4. The molecule has 0 aliphatic carbocycles. The number of aromatic nitrogens is 2. The highest BCUT2D eigenvalue weighted by Gasteiger charge is 2.22. The van der Waals surface area contributed by atoms with Crippen molar-refractivity contribution in [1.82, 2.24) is 9.97 Å². The van der Waals surface area contributed by atoms with E-state index >= 15 is 0 Å². The molecule has 0 spiro atoms. The summed E-state index contributed by atoms with van der Waals surface area (Å²) in [5, 5.41) is 8.70. The zero-order chi connectivity index (χ0) is 28.4. The standard InChI is InChI=1S/C31H21ClN2O4S3/c1-4-37-30(35)22-12-16-20(40-22)10-8-18-24(16)26-14(28(32)33-18)6-7-15-27(26)25-17-13-23(31(36)38-5-2)41-21(17)11-9-19(25)34-29(15)39-3/h6-13H,4-5H2,1-3H3. The maximum Gasteiger partial charge on any atom is 0.348 e. The molecule has 0 aliphatic rings. The van der Waals surface area contributed by atoms with Gasteiger partial charge in [0.05, 0.1) is 24.2 Å². The molecule has 7 rings (SSSR count). The minimum absolute atomic E-state index is 0.305. The highest BCUT2D eigenvalue weighted by atomic mass is 35.5. The highest BCUT2D eigenvalue weighted by Crippen LogP contribution is 2.46. The number of thioether (sulfide) groups is 1. The molecule has 4 heterocycles. The van der Waals surface area contributed by atoms with Crippen LogP contribution in [0.5, 0.6) is 0 Å². The Hall–Kier alpha value is -3.50. The fourth-order valence-corrected chi connectivity index (χ4v) is 8.24. The van der Waals surface area contributed by atoms with Gasteiger partial charge in [0.25, 0.3) is 0 Å². The van der Waals surface area contributed by atoms with E-state index in [2.05, 4.69) is 0 Å². The van der Waals surface area contributed by atoms with Crippen LogP contribution in [0.3, 0.4) is 0 Å². The molecule has 0 fully saturated rings. The fraction of sp³-hybridized carbons (Fsp3) is 0.161. The Morgan fingerprint density at radius 1 is 0.732 bits per heavy atom. The van der Waals surface area contributed by atoms with Crippen molar-refractivity contribution in [2.24, 2.45) is 0 Å². The minimum Gasteiger partial charge on any atom is -0.462 e. The molecule has 4 aromatic heterocycles. The van der Waals surface area contributed by atoms with E-state index in [-0.39, 0.29) is 11.9 Å². The van der Waals surface area contributed by atoms with Crippen molar-refractivity contribution in [3.05, 3.63) is 63.4 Å². The first-order chi connectivity index (χ1) is 19.9. The van der Waals surface area contributed by atoms with Gasteiger partial charge in [-0.15, -0.1) is 34.4 Å². The third-order valence-corrected chi connectivity index (χ3v) is 10.2. The summed E-state index contributed by atoms with van der Waals surface area (Å²) in [5.41, 5.74) is 1.55. The molecule has 0 saturated carbocycles. The molecule has 204 valence electrons. The monoisotopic (exact) mass is 616 g/mol. The Kier molecular flexibility index (Phi) is 6.50. The Morgan fingerprint density at radius 3 is 1.78 bits per heavy atom. The van der Waals surface area contributed by atoms with E-state index in [4.69, 9.17) is 31.0 Å². The summed E-state index contributed by atoms with van der Waals surface area (Å²) >= 11 is 11.2. The maximum absolute atomic E-state index is 12.7. The average molecular weight is 617 g/mol. The van der Waals surface area contributed by atoms with Crippen molar-refractivity contribution in [3.63, 3.8) is 0 Å². The van der Waals surface area contributed by atoms with Crippen molar-refractivity contribution in [2.75, 3.05) is 19.5 Å². The van der Waals surface area contributed by atoms with Crippen LogP contribution in [0, 0.1) is 0 Å². The van der Waals surface area contributed by atoms with Crippen molar-refractivity contribution >= 4 is 121 Å². The Balaban J connectivity index is 1.72. The molecule has 41 heavy (non-hydrogen) atoms. The Labute approximate surface area is 251 Å². The number of esters is 2. The predicted molar refractivity (Wildman–Crippen MR) is 172 cm³/mol. The van der Waals surface area contributed by atoms with E-state index in [1.807, 2.05) is 54.8 Å². The molecule has 0 N–H and O–H groups in total. The van der Waals surface area contributed by atoms with E-state index in [0.29, 0.717) is 28.1 Å². The van der Waals surface area contributed by atoms with Gasteiger partial charge in [0.15, 0.2) is 0 Å². The first kappa shape index (κ1) is 26.4. The smallest absolute Gasteiger partial charge is 0.348 e. The van der Waals surface area contributed by atoms with Gasteiger partial charge in [-0.1, -0.05) is 23.7 Å². The predicted octanol–water partition coefficient (Wildman–Crippen LogP) is 9.25. The Bertz CT molecular complexity index is 2240. The zero-order valence-electron chi connectivity index (χ0n) is 22.2. The van der Waals surface area contributed by atoms with E-state index in [0.717, 1.165) is 68.5 Å². The van der Waals surface area contributed by atoms with Gasteiger partial charge >= 0.3 is 11.9 Å². The quantitative estimate of drug-likeness (QED) is 0.0825. The number of carbonyl (C=O) groups excluding carboxylic acids is 2. The lowest BCUT2D eigenvalue weighted by Crippen LogP contribution is -2.01. The number of ether oxygens (including phenoxy) is 2. The lowest BCUT2D eigenvalue weighted by atomic mass is 9.94. The van der Waals surface area contributed by atoms with Crippen LogP contribution >= 0.6 is 46.0 Å². The van der Waals surface area contributed by atoms with Crippen molar-refractivity contribution in [3.8, 4) is 0 Å². The molecule has 3 aromatic carbocycles. The number of hydrogen-bond acceptors (Lipinski definition) is 9. The van der Waals surface area contributed by atoms with Gasteiger partial charge in [0.2, 0.25) is 0 Å². The van der Waals surface area contributed by atoms with Gasteiger partial charge in [-0.25, -0.2) is 19.6 Å². The van der Waals surface area contributed by atoms with Gasteiger partial charge in [-0.3, -0.25) is 0 Å². The minimum atomic E-state index is -0.344. The summed E-state index contributed by atoms with van der Waals surface area (Å²) in [6.07, 6.45) is 2.01. The molecule has 7 aromatic rings. The highest BCUT2D eigenvalue weighted by molar-refractivity contribution is 7.98. The second-order valence-electron chi connectivity index (χ2n) is 9.34. The van der Waals surface area contributed by atoms with E-state index in [1.54, 1.807) is 25.6 Å². The van der Waals surface area contributed by atoms with Crippen LogP contribution in [0.15, 0.2) is 53.6 Å². The van der Waals surface area contributed by atoms with Crippen molar-refractivity contribution < 1.29 is 19.1 Å². The second kappa shape index (κ2) is 10.1. The third-order valence-electron chi connectivity index (χ3n) is 7.10. The molecule has 10 heteroatoms. The normalized spacial score (nSPS) is 11.9. The van der Waals surface area contributed by atoms with Crippen LogP contribution in [-0.2, 0) is 9.47 Å². The van der Waals surface area contributed by atoms with Gasteiger partial charge in [-0.2, -0.15) is 0 Å². The topological polar surface area (TPSA) is 78.4 Å². The van der Waals surface area contributed by atoms with Crippen LogP contribution in [0.4, 0.5) is 0 Å². The third kappa shape index (κ3) is 4.06. The van der Waals surface area contributed by atoms with Crippen LogP contribution in [0.2, 0.25) is 5.15 Å². The second-order valence-corrected chi connectivity index (χ2v) is 12.7. The molecule has 0 saturated heterocycles. The molecular weight excluding hydrogens is 596 g/mol. The van der Waals surface area contributed by atoms with Crippen LogP contribution in [0.1, 0.15) is 33.2 Å². The number of hydrogen-bond donors (Lipinski definition) is 0. The molecule has 0 unspecified atom stereocenters. The SMILES string of the molecule is CCOC(=O)c1cc2c(ccc3nc(Cl)c4ccc5c(SC)nc6ccc7sc(C(=O)OCC)cc7c6c5c4c32)s1. The first-order valence-corrected chi connectivity index (χ1v) is 16.2. The fourth-order valence-electron chi connectivity index (χ4n) is 5.48. The van der Waals surface area contributed by atoms with Gasteiger partial charge < -0.3 is 9.47 Å². The molecule has 6 nitrogen and oxygen atoms in total. The molecule has 0 radical (unpaired) electrons. The van der Waals surface area contributed by atoms with E-state index in [9.17, 15) is 9.59 Å². The number of benzene rings is 3. The van der Waals surface area contributed by atoms with Gasteiger partial charge in [0, 0.05) is 52.5 Å². The lowest BCUT2D eigenvalue weighted by Gasteiger charge is -2.15. The summed E-state index contributed by atoms with van der Waals surface area (Å²) in [7, 11) is 0. The average Bonchev–Trinajstić information content (AvgIpc) is 3.61. The number of halogens is 1. The van der Waals surface area contributed by atoms with Gasteiger partial charge in [-0.05, 0) is 56.5 Å². The summed E-state index contributed by atoms with van der Waals surface area (Å²) in [6, 6.07) is 15.8. The maximum atomic E-state index is 12.7. The van der Waals surface area contributed by atoms with Gasteiger partial charge in [0.1, 0.15) is 19.9 Å². The van der Waals surface area contributed by atoms with Crippen LogP contribution < -0.4 is 0 Å². The first-order valence-electron chi connectivity index (χ1n) is 13.0. The summed E-state index contributed by atoms with van der Waals surface area (Å²) in [5.74, 6) is -0.683. The largest absolute Gasteiger partial charge is 0.462 e. The van der Waals surface area contributed by atoms with Crippen LogP contribution in [-0.4, -0.2) is 41.4 Å². The lowest BCUT2D eigenvalue weighted by molar-refractivity contribution is 0.0522. The number of pyridine rings is 2. The molecule has 0 aliphatic heterocycles. The molecule has 0 atom stereocenters. The number of nitrogens with zero attached hydrogens (tertiary/aromatic N) is 2.